The fraction of sp³-hybridized carbons (Fsp3) is 0.364. The van der Waals surface area contributed by atoms with Crippen LogP contribution in [0.1, 0.15) is 0 Å². The molecule has 6 heteroatoms. The molecule has 0 fully saturated rings. The van der Waals surface area contributed by atoms with Crippen molar-refractivity contribution < 1.29 is 9.53 Å². The van der Waals surface area contributed by atoms with Gasteiger partial charge in [0.05, 0.1) is 13.2 Å². The number of nitrogen functional groups attached to an aromatic ring is 1. The first-order valence-electron chi connectivity index (χ1n) is 5.18. The van der Waals surface area contributed by atoms with Crippen LogP contribution in [0.4, 0.5) is 11.4 Å². The number of nitrogens with one attached hydrogen (secondary N) is 2. The minimum Gasteiger partial charge on any atom is -0.399 e. The summed E-state index contributed by atoms with van der Waals surface area (Å²) in [5.74, 6) is -0.0605. The largest absolute Gasteiger partial charge is 0.399 e. The summed E-state index contributed by atoms with van der Waals surface area (Å²) in [6.07, 6.45) is 0. The van der Waals surface area contributed by atoms with E-state index < -0.39 is 0 Å². The van der Waals surface area contributed by atoms with E-state index in [1.165, 1.54) is 0 Å². The van der Waals surface area contributed by atoms with Gasteiger partial charge in [0.15, 0.2) is 0 Å². The van der Waals surface area contributed by atoms with Gasteiger partial charge in [-0.2, -0.15) is 0 Å². The van der Waals surface area contributed by atoms with Crippen molar-refractivity contribution >= 4 is 39.9 Å². The number of carbonyl (C=O) groups is 1. The Morgan fingerprint density at radius 2 is 2.29 bits per heavy atom. The molecular formula is C11H16IN3O2. The third-order valence-corrected chi connectivity index (χ3v) is 2.95. The van der Waals surface area contributed by atoms with E-state index >= 15 is 0 Å². The van der Waals surface area contributed by atoms with Gasteiger partial charge >= 0.3 is 0 Å². The Hall–Kier alpha value is -1.02. The van der Waals surface area contributed by atoms with Crippen LogP contribution in [0.3, 0.4) is 0 Å². The summed E-state index contributed by atoms with van der Waals surface area (Å²) in [7, 11) is 1.60. The number of rotatable bonds is 6. The number of benzene rings is 1. The molecule has 0 aliphatic heterocycles. The summed E-state index contributed by atoms with van der Waals surface area (Å²) in [6.45, 7) is 1.28. The van der Waals surface area contributed by atoms with Crippen molar-refractivity contribution in [3.8, 4) is 0 Å². The summed E-state index contributed by atoms with van der Waals surface area (Å²) in [4.78, 5) is 11.4. The van der Waals surface area contributed by atoms with Crippen molar-refractivity contribution in [2.24, 2.45) is 0 Å². The van der Waals surface area contributed by atoms with Gasteiger partial charge in [0.25, 0.3) is 0 Å². The van der Waals surface area contributed by atoms with Gasteiger partial charge in [0, 0.05) is 28.6 Å². The molecule has 0 atom stereocenters. The average Bonchev–Trinajstić information content (AvgIpc) is 2.28. The summed E-state index contributed by atoms with van der Waals surface area (Å²) < 4.78 is 5.83. The van der Waals surface area contributed by atoms with E-state index in [1.807, 2.05) is 12.1 Å². The van der Waals surface area contributed by atoms with E-state index in [4.69, 9.17) is 10.5 Å². The van der Waals surface area contributed by atoms with Gasteiger partial charge < -0.3 is 21.1 Å². The standard InChI is InChI=1S/C11H16IN3O2/c1-17-5-4-14-11(16)7-15-10-3-2-8(13)6-9(10)12/h2-3,6,15H,4-5,7,13H2,1H3,(H,14,16). The number of hydrogen-bond acceptors (Lipinski definition) is 4. The number of halogens is 1. The van der Waals surface area contributed by atoms with Crippen LogP contribution in [-0.4, -0.2) is 32.7 Å². The topological polar surface area (TPSA) is 76.4 Å². The minimum atomic E-state index is -0.0605. The van der Waals surface area contributed by atoms with Gasteiger partial charge in [-0.25, -0.2) is 0 Å². The quantitative estimate of drug-likeness (QED) is 0.408. The summed E-state index contributed by atoms with van der Waals surface area (Å²) in [5.41, 5.74) is 7.26. The van der Waals surface area contributed by atoms with Crippen molar-refractivity contribution in [2.45, 2.75) is 0 Å². The van der Waals surface area contributed by atoms with Gasteiger partial charge in [-0.3, -0.25) is 4.79 Å². The maximum atomic E-state index is 11.4. The molecule has 0 aliphatic rings. The number of methoxy groups -OCH3 is 1. The molecule has 0 aromatic heterocycles. The second-order valence-electron chi connectivity index (χ2n) is 3.44. The maximum absolute atomic E-state index is 11.4. The first-order chi connectivity index (χ1) is 8.13. The number of ether oxygens (including phenoxy) is 1. The highest BCUT2D eigenvalue weighted by Gasteiger charge is 2.03. The first-order valence-corrected chi connectivity index (χ1v) is 6.26. The van der Waals surface area contributed by atoms with Crippen LogP contribution in [0.5, 0.6) is 0 Å². The van der Waals surface area contributed by atoms with Gasteiger partial charge in [-0.15, -0.1) is 0 Å². The van der Waals surface area contributed by atoms with Gasteiger partial charge in [0.1, 0.15) is 0 Å². The molecule has 0 unspecified atom stereocenters. The second kappa shape index (κ2) is 7.33. The Bertz CT molecular complexity index is 385. The zero-order chi connectivity index (χ0) is 12.7. The molecule has 0 aliphatic carbocycles. The van der Waals surface area contributed by atoms with Crippen LogP contribution in [0.25, 0.3) is 0 Å². The van der Waals surface area contributed by atoms with E-state index in [1.54, 1.807) is 13.2 Å². The molecule has 0 saturated carbocycles. The van der Waals surface area contributed by atoms with Gasteiger partial charge in [-0.1, -0.05) is 0 Å². The van der Waals surface area contributed by atoms with Crippen LogP contribution in [-0.2, 0) is 9.53 Å². The monoisotopic (exact) mass is 349 g/mol. The molecule has 1 rings (SSSR count). The Morgan fingerprint density at radius 1 is 1.53 bits per heavy atom. The maximum Gasteiger partial charge on any atom is 0.239 e. The number of anilines is 2. The van der Waals surface area contributed by atoms with Crippen LogP contribution < -0.4 is 16.4 Å². The van der Waals surface area contributed by atoms with Crippen molar-refractivity contribution in [3.05, 3.63) is 21.8 Å². The lowest BCUT2D eigenvalue weighted by molar-refractivity contribution is -0.119. The highest BCUT2D eigenvalue weighted by atomic mass is 127. The predicted molar refractivity (Wildman–Crippen MR) is 76.9 cm³/mol. The van der Waals surface area contributed by atoms with Crippen LogP contribution in [0.2, 0.25) is 0 Å². The molecule has 1 aromatic rings. The molecule has 0 bridgehead atoms. The fourth-order valence-corrected chi connectivity index (χ4v) is 1.94. The third-order valence-electron chi connectivity index (χ3n) is 2.06. The molecule has 5 nitrogen and oxygen atoms in total. The lowest BCUT2D eigenvalue weighted by Crippen LogP contribution is -2.32. The highest BCUT2D eigenvalue weighted by Crippen LogP contribution is 2.20. The van der Waals surface area contributed by atoms with Crippen molar-refractivity contribution in [3.63, 3.8) is 0 Å². The predicted octanol–water partition coefficient (Wildman–Crippen LogP) is 1.05. The Balaban J connectivity index is 2.37. The number of hydrogen-bond donors (Lipinski definition) is 3. The Morgan fingerprint density at radius 3 is 2.94 bits per heavy atom. The second-order valence-corrected chi connectivity index (χ2v) is 4.60. The normalized spacial score (nSPS) is 10.0. The lowest BCUT2D eigenvalue weighted by Gasteiger charge is -2.09. The zero-order valence-corrected chi connectivity index (χ0v) is 11.8. The van der Waals surface area contributed by atoms with E-state index in [0.29, 0.717) is 18.8 Å². The SMILES string of the molecule is COCCNC(=O)CNc1ccc(N)cc1I. The Kier molecular flexibility index (Phi) is 6.06. The van der Waals surface area contributed by atoms with E-state index in [9.17, 15) is 4.79 Å². The third kappa shape index (κ3) is 5.22. The molecule has 94 valence electrons. The summed E-state index contributed by atoms with van der Waals surface area (Å²) in [6, 6.07) is 5.51. The molecule has 1 aromatic carbocycles. The van der Waals surface area contributed by atoms with Gasteiger partial charge in [-0.05, 0) is 40.8 Å². The smallest absolute Gasteiger partial charge is 0.239 e. The van der Waals surface area contributed by atoms with Crippen molar-refractivity contribution in [2.75, 3.05) is 37.9 Å². The molecule has 1 amide bonds. The number of carbonyl (C=O) groups excluding carboxylic acids is 1. The van der Waals surface area contributed by atoms with E-state index in [0.717, 1.165) is 9.26 Å². The first kappa shape index (κ1) is 14.0. The lowest BCUT2D eigenvalue weighted by atomic mass is 10.3. The molecule has 4 N–H and O–H groups in total. The molecule has 0 spiro atoms. The van der Waals surface area contributed by atoms with Crippen LogP contribution >= 0.6 is 22.6 Å². The number of nitrogens with two attached hydrogens (primary N) is 1. The van der Waals surface area contributed by atoms with Crippen molar-refractivity contribution in [1.82, 2.24) is 5.32 Å². The Labute approximate surface area is 114 Å². The highest BCUT2D eigenvalue weighted by molar-refractivity contribution is 14.1. The molecule has 0 heterocycles. The molecule has 0 saturated heterocycles. The molecule has 17 heavy (non-hydrogen) atoms. The minimum absolute atomic E-state index is 0.0605. The summed E-state index contributed by atoms with van der Waals surface area (Å²) >= 11 is 2.17. The van der Waals surface area contributed by atoms with Crippen LogP contribution in [0.15, 0.2) is 18.2 Å². The average molecular weight is 349 g/mol. The summed E-state index contributed by atoms with van der Waals surface area (Å²) in [5, 5.41) is 5.78. The molecular weight excluding hydrogens is 333 g/mol. The van der Waals surface area contributed by atoms with Crippen LogP contribution in [0, 0.1) is 3.57 Å². The van der Waals surface area contributed by atoms with Gasteiger partial charge in [0.2, 0.25) is 5.91 Å². The fourth-order valence-electron chi connectivity index (χ4n) is 1.21. The van der Waals surface area contributed by atoms with E-state index in [-0.39, 0.29) is 12.5 Å². The van der Waals surface area contributed by atoms with E-state index in [2.05, 4.69) is 33.2 Å². The zero-order valence-electron chi connectivity index (χ0n) is 9.63. The molecule has 0 radical (unpaired) electrons. The van der Waals surface area contributed by atoms with Crippen molar-refractivity contribution in [1.29, 1.82) is 0 Å². The number of amides is 1.